The fourth-order valence-electron chi connectivity index (χ4n) is 3.68. The summed E-state index contributed by atoms with van der Waals surface area (Å²) in [4.78, 5) is 25.0. The largest absolute Gasteiger partial charge is 0.493 e. The van der Waals surface area contributed by atoms with Crippen LogP contribution in [0, 0.1) is 0 Å². The first-order valence-corrected chi connectivity index (χ1v) is 14.1. The van der Waals surface area contributed by atoms with Crippen molar-refractivity contribution in [2.75, 3.05) is 11.9 Å². The highest BCUT2D eigenvalue weighted by molar-refractivity contribution is 7.90. The molecule has 2 N–H and O–H groups in total. The Bertz CT molecular complexity index is 1540. The first-order chi connectivity index (χ1) is 19.1. The Morgan fingerprint density at radius 2 is 1.32 bits per heavy atom. The minimum atomic E-state index is -4.01. The number of sulfonamides is 1. The van der Waals surface area contributed by atoms with Crippen LogP contribution in [0.25, 0.3) is 0 Å². The Labute approximate surface area is 234 Å². The van der Waals surface area contributed by atoms with Crippen molar-refractivity contribution in [1.29, 1.82) is 0 Å². The van der Waals surface area contributed by atoms with Crippen molar-refractivity contribution in [3.63, 3.8) is 0 Å². The van der Waals surface area contributed by atoms with Gasteiger partial charge in [-0.25, -0.2) is 13.1 Å². The van der Waals surface area contributed by atoms with E-state index in [4.69, 9.17) is 9.47 Å². The van der Waals surface area contributed by atoms with Gasteiger partial charge in [0.1, 0.15) is 11.5 Å². The molecule has 8 nitrogen and oxygen atoms in total. The molecule has 0 aliphatic heterocycles. The molecule has 0 aliphatic carbocycles. The molecule has 206 valence electrons. The average Bonchev–Trinajstić information content (AvgIpc) is 2.95. The molecular weight excluding hydrogens is 528 g/mol. The molecule has 0 saturated heterocycles. The van der Waals surface area contributed by atoms with Gasteiger partial charge < -0.3 is 14.8 Å². The fourth-order valence-corrected chi connectivity index (χ4v) is 4.81. The third-order valence-electron chi connectivity index (χ3n) is 5.93. The van der Waals surface area contributed by atoms with Crippen LogP contribution in [0.2, 0.25) is 0 Å². The van der Waals surface area contributed by atoms with Gasteiger partial charge in [0.25, 0.3) is 21.8 Å². The highest BCUT2D eigenvalue weighted by Crippen LogP contribution is 2.21. The summed E-state index contributed by atoms with van der Waals surface area (Å²) in [6.07, 6.45) is 0.631. The van der Waals surface area contributed by atoms with Crippen molar-refractivity contribution in [2.24, 2.45) is 0 Å². The van der Waals surface area contributed by atoms with Gasteiger partial charge >= 0.3 is 0 Å². The zero-order valence-electron chi connectivity index (χ0n) is 22.2. The van der Waals surface area contributed by atoms with Crippen molar-refractivity contribution in [3.8, 4) is 11.5 Å². The summed E-state index contributed by atoms with van der Waals surface area (Å²) < 4.78 is 38.7. The second-order valence-electron chi connectivity index (χ2n) is 9.45. The second kappa shape index (κ2) is 12.5. The summed E-state index contributed by atoms with van der Waals surface area (Å²) in [5.74, 6) is 0.147. The highest BCUT2D eigenvalue weighted by atomic mass is 32.2. The molecule has 0 aliphatic rings. The molecule has 9 heteroatoms. The summed E-state index contributed by atoms with van der Waals surface area (Å²) in [5, 5.41) is 2.85. The van der Waals surface area contributed by atoms with Gasteiger partial charge in [0, 0.05) is 17.7 Å². The normalized spacial score (nSPS) is 11.3. The zero-order chi connectivity index (χ0) is 28.6. The van der Waals surface area contributed by atoms with Crippen molar-refractivity contribution in [3.05, 3.63) is 120 Å². The quantitative estimate of drug-likeness (QED) is 0.261. The van der Waals surface area contributed by atoms with Crippen molar-refractivity contribution in [1.82, 2.24) is 4.72 Å². The van der Waals surface area contributed by atoms with E-state index in [0.29, 0.717) is 35.8 Å². The number of carbonyl (C=O) groups excluding carboxylic acids is 2. The number of benzene rings is 4. The molecule has 4 aromatic rings. The van der Waals surface area contributed by atoms with Crippen LogP contribution < -0.4 is 19.5 Å². The Hall–Kier alpha value is -4.63. The number of amides is 2. The van der Waals surface area contributed by atoms with Crippen LogP contribution >= 0.6 is 0 Å². The number of hydrogen-bond acceptors (Lipinski definition) is 6. The third kappa shape index (κ3) is 7.70. The van der Waals surface area contributed by atoms with Crippen LogP contribution in [0.3, 0.4) is 0 Å². The first-order valence-electron chi connectivity index (χ1n) is 12.6. The zero-order valence-corrected chi connectivity index (χ0v) is 23.0. The topological polar surface area (TPSA) is 111 Å². The summed E-state index contributed by atoms with van der Waals surface area (Å²) in [7, 11) is -4.01. The Morgan fingerprint density at radius 3 is 1.95 bits per heavy atom. The van der Waals surface area contributed by atoms with Crippen LogP contribution in [0.1, 0.15) is 29.8 Å². The number of rotatable bonds is 11. The Balaban J connectivity index is 1.24. The molecule has 2 amide bonds. The van der Waals surface area contributed by atoms with E-state index >= 15 is 0 Å². The molecule has 0 radical (unpaired) electrons. The van der Waals surface area contributed by atoms with Gasteiger partial charge in [-0.1, -0.05) is 48.5 Å². The molecule has 0 bridgehead atoms. The molecule has 0 atom stereocenters. The number of hydrogen-bond donors (Lipinski definition) is 2. The van der Waals surface area contributed by atoms with E-state index in [9.17, 15) is 18.0 Å². The molecule has 0 fully saturated rings. The molecular formula is C31H30N2O6S. The fraction of sp³-hybridized carbons (Fsp3) is 0.161. The first kappa shape index (κ1) is 28.4. The average molecular weight is 559 g/mol. The van der Waals surface area contributed by atoms with Crippen molar-refractivity contribution >= 4 is 27.5 Å². The predicted molar refractivity (Wildman–Crippen MR) is 153 cm³/mol. The smallest absolute Gasteiger partial charge is 0.277 e. The third-order valence-corrected chi connectivity index (χ3v) is 7.28. The lowest BCUT2D eigenvalue weighted by Gasteiger charge is -2.25. The van der Waals surface area contributed by atoms with E-state index < -0.39 is 21.5 Å². The second-order valence-corrected chi connectivity index (χ2v) is 11.1. The summed E-state index contributed by atoms with van der Waals surface area (Å²) >= 11 is 0. The molecule has 0 saturated carbocycles. The van der Waals surface area contributed by atoms with Crippen molar-refractivity contribution in [2.45, 2.75) is 30.8 Å². The van der Waals surface area contributed by atoms with Crippen LogP contribution in [-0.4, -0.2) is 32.4 Å². The van der Waals surface area contributed by atoms with E-state index in [0.717, 1.165) is 5.56 Å². The van der Waals surface area contributed by atoms with Crippen molar-refractivity contribution < 1.29 is 27.5 Å². The van der Waals surface area contributed by atoms with Gasteiger partial charge in [-0.3, -0.25) is 9.59 Å². The lowest BCUT2D eigenvalue weighted by Crippen LogP contribution is -2.48. The minimum absolute atomic E-state index is 0.00325. The Kier molecular flexibility index (Phi) is 8.86. The maximum absolute atomic E-state index is 12.7. The van der Waals surface area contributed by atoms with Gasteiger partial charge in [0.2, 0.25) is 0 Å². The molecule has 40 heavy (non-hydrogen) atoms. The summed E-state index contributed by atoms with van der Waals surface area (Å²) in [6.45, 7) is 3.44. The van der Waals surface area contributed by atoms with E-state index in [1.54, 1.807) is 66.7 Å². The molecule has 4 aromatic carbocycles. The van der Waals surface area contributed by atoms with E-state index in [1.807, 2.05) is 30.3 Å². The van der Waals surface area contributed by atoms with Crippen LogP contribution in [0.15, 0.2) is 114 Å². The van der Waals surface area contributed by atoms with Gasteiger partial charge in [-0.05, 0) is 80.1 Å². The molecule has 4 rings (SSSR count). The predicted octanol–water partition coefficient (Wildman–Crippen LogP) is 5.22. The minimum Gasteiger partial charge on any atom is -0.493 e. The summed E-state index contributed by atoms with van der Waals surface area (Å²) in [5.41, 5.74) is 0.820. The molecule has 0 spiro atoms. The maximum atomic E-state index is 12.7. The number of ether oxygens (including phenoxy) is 2. The van der Waals surface area contributed by atoms with E-state index in [2.05, 4.69) is 10.0 Å². The molecule has 0 aromatic heterocycles. The SMILES string of the molecule is CC(C)(Oc1ccc(CCOc2ccc(NC(=O)c3ccccc3)cc2)cc1)C(=O)NS(=O)(=O)c1ccccc1. The van der Waals surface area contributed by atoms with Crippen LogP contribution in [0.4, 0.5) is 5.69 Å². The highest BCUT2D eigenvalue weighted by Gasteiger charge is 2.33. The molecule has 0 heterocycles. The van der Waals surface area contributed by atoms with Gasteiger partial charge in [-0.15, -0.1) is 0 Å². The standard InChI is InChI=1S/C31H30N2O6S/c1-31(2,30(35)33-40(36,37)28-11-7-4-8-12-28)39-27-17-13-23(14-18-27)21-22-38-26-19-15-25(16-20-26)32-29(34)24-9-5-3-6-10-24/h3-20H,21-22H2,1-2H3,(H,32,34)(H,33,35). The van der Waals surface area contributed by atoms with Crippen LogP contribution in [0.5, 0.6) is 11.5 Å². The number of carbonyl (C=O) groups is 2. The van der Waals surface area contributed by atoms with Gasteiger partial charge in [0.05, 0.1) is 11.5 Å². The van der Waals surface area contributed by atoms with E-state index in [1.165, 1.54) is 26.0 Å². The van der Waals surface area contributed by atoms with Gasteiger partial charge in [0.15, 0.2) is 5.60 Å². The Morgan fingerprint density at radius 1 is 0.750 bits per heavy atom. The molecule has 0 unspecified atom stereocenters. The summed E-state index contributed by atoms with van der Waals surface area (Å²) in [6, 6.07) is 31.0. The lowest BCUT2D eigenvalue weighted by molar-refractivity contribution is -0.132. The van der Waals surface area contributed by atoms with E-state index in [-0.39, 0.29) is 10.8 Å². The van der Waals surface area contributed by atoms with Gasteiger partial charge in [-0.2, -0.15) is 0 Å². The van der Waals surface area contributed by atoms with Crippen LogP contribution in [-0.2, 0) is 21.2 Å². The number of nitrogens with one attached hydrogen (secondary N) is 2. The lowest BCUT2D eigenvalue weighted by atomic mass is 10.1. The maximum Gasteiger partial charge on any atom is 0.277 e. The number of anilines is 1. The monoisotopic (exact) mass is 558 g/mol.